The number of ether oxygens (including phenoxy) is 2. The van der Waals surface area contributed by atoms with Crippen LogP contribution >= 0.6 is 0 Å². The number of carbonyl (C=O) groups excluding carboxylic acids is 2. The van der Waals surface area contributed by atoms with Crippen molar-refractivity contribution in [2.75, 3.05) is 13.2 Å². The highest BCUT2D eigenvalue weighted by Gasteiger charge is 2.14. The van der Waals surface area contributed by atoms with Gasteiger partial charge in [-0.3, -0.25) is 0 Å². The lowest BCUT2D eigenvalue weighted by atomic mass is 10.0. The standard InChI is InChI=1S/C16H20O4/c1-2-12-5-3-4-10-19-15(17)13-6-8-14(9-7-13)16(18)20-11-12/h6-9,12H,2-5,10-11H2,1H3. The van der Waals surface area contributed by atoms with Crippen LogP contribution in [0.15, 0.2) is 24.3 Å². The Bertz CT molecular complexity index is 464. The zero-order valence-corrected chi connectivity index (χ0v) is 11.8. The van der Waals surface area contributed by atoms with Gasteiger partial charge in [-0.1, -0.05) is 13.3 Å². The minimum absolute atomic E-state index is 0.333. The molecule has 2 bridgehead atoms. The van der Waals surface area contributed by atoms with Crippen molar-refractivity contribution in [3.63, 3.8) is 0 Å². The summed E-state index contributed by atoms with van der Waals surface area (Å²) in [5, 5.41) is 0. The van der Waals surface area contributed by atoms with Gasteiger partial charge in [-0.05, 0) is 49.4 Å². The maximum atomic E-state index is 11.9. The molecule has 1 unspecified atom stereocenters. The molecule has 2 aliphatic rings. The Kier molecular flexibility index (Phi) is 5.16. The highest BCUT2D eigenvalue weighted by molar-refractivity contribution is 5.93. The number of hydrogen-bond acceptors (Lipinski definition) is 4. The van der Waals surface area contributed by atoms with E-state index >= 15 is 0 Å². The Labute approximate surface area is 119 Å². The Hall–Kier alpha value is -1.84. The van der Waals surface area contributed by atoms with Crippen molar-refractivity contribution in [3.05, 3.63) is 35.4 Å². The summed E-state index contributed by atoms with van der Waals surface area (Å²) in [6.07, 6.45) is 3.78. The topological polar surface area (TPSA) is 52.6 Å². The third-order valence-corrected chi connectivity index (χ3v) is 3.62. The van der Waals surface area contributed by atoms with E-state index in [0.29, 0.717) is 30.3 Å². The summed E-state index contributed by atoms with van der Waals surface area (Å²) >= 11 is 0. The van der Waals surface area contributed by atoms with E-state index in [1.165, 1.54) is 0 Å². The van der Waals surface area contributed by atoms with Gasteiger partial charge in [-0.15, -0.1) is 0 Å². The smallest absolute Gasteiger partial charge is 0.338 e. The molecular weight excluding hydrogens is 256 g/mol. The second kappa shape index (κ2) is 7.08. The van der Waals surface area contributed by atoms with E-state index in [0.717, 1.165) is 25.7 Å². The average Bonchev–Trinajstić information content (AvgIpc) is 2.49. The van der Waals surface area contributed by atoms with Gasteiger partial charge in [-0.25, -0.2) is 9.59 Å². The minimum atomic E-state index is -0.339. The summed E-state index contributed by atoms with van der Waals surface area (Å²) in [7, 11) is 0. The number of hydrogen-bond donors (Lipinski definition) is 0. The first-order chi connectivity index (χ1) is 9.70. The van der Waals surface area contributed by atoms with Crippen molar-refractivity contribution in [2.24, 2.45) is 5.92 Å². The first kappa shape index (κ1) is 14.6. The van der Waals surface area contributed by atoms with Gasteiger partial charge in [-0.2, -0.15) is 0 Å². The van der Waals surface area contributed by atoms with E-state index in [1.54, 1.807) is 24.3 Å². The lowest BCUT2D eigenvalue weighted by Crippen LogP contribution is -2.15. The molecule has 0 fully saturated rings. The van der Waals surface area contributed by atoms with Gasteiger partial charge in [0.15, 0.2) is 0 Å². The molecule has 3 rings (SSSR count). The Morgan fingerprint density at radius 1 is 1.00 bits per heavy atom. The summed E-state index contributed by atoms with van der Waals surface area (Å²) in [4.78, 5) is 23.7. The predicted octanol–water partition coefficient (Wildman–Crippen LogP) is 3.21. The fourth-order valence-electron chi connectivity index (χ4n) is 2.21. The molecule has 1 aromatic carbocycles. The number of esters is 2. The predicted molar refractivity (Wildman–Crippen MR) is 74.6 cm³/mol. The van der Waals surface area contributed by atoms with Gasteiger partial charge < -0.3 is 9.47 Å². The van der Waals surface area contributed by atoms with E-state index in [1.807, 2.05) is 0 Å². The normalized spacial score (nSPS) is 20.9. The fraction of sp³-hybridized carbons (Fsp3) is 0.500. The number of carbonyl (C=O) groups is 2. The molecule has 108 valence electrons. The highest BCUT2D eigenvalue weighted by atomic mass is 16.5. The summed E-state index contributed by atoms with van der Waals surface area (Å²) in [6.45, 7) is 2.99. The summed E-state index contributed by atoms with van der Waals surface area (Å²) in [6, 6.07) is 6.40. The lowest BCUT2D eigenvalue weighted by Gasteiger charge is -2.16. The maximum Gasteiger partial charge on any atom is 0.338 e. The second-order valence-corrected chi connectivity index (χ2v) is 5.08. The van der Waals surface area contributed by atoms with Crippen molar-refractivity contribution in [1.82, 2.24) is 0 Å². The van der Waals surface area contributed by atoms with Gasteiger partial charge in [0.05, 0.1) is 24.3 Å². The third-order valence-electron chi connectivity index (χ3n) is 3.62. The number of fused-ring (bicyclic) bond motifs is 11. The van der Waals surface area contributed by atoms with Crippen molar-refractivity contribution >= 4 is 11.9 Å². The first-order valence-corrected chi connectivity index (χ1v) is 7.15. The van der Waals surface area contributed by atoms with Crippen molar-refractivity contribution in [1.29, 1.82) is 0 Å². The van der Waals surface area contributed by atoms with Crippen LogP contribution in [0.2, 0.25) is 0 Å². The quantitative estimate of drug-likeness (QED) is 0.739. The molecule has 0 saturated heterocycles. The van der Waals surface area contributed by atoms with E-state index in [9.17, 15) is 9.59 Å². The molecule has 1 atom stereocenters. The molecular formula is C16H20O4. The summed E-state index contributed by atoms with van der Waals surface area (Å²) in [5.41, 5.74) is 0.929. The molecule has 0 aliphatic carbocycles. The largest absolute Gasteiger partial charge is 0.462 e. The van der Waals surface area contributed by atoms with Crippen molar-refractivity contribution in [3.8, 4) is 0 Å². The Morgan fingerprint density at radius 3 is 2.20 bits per heavy atom. The van der Waals surface area contributed by atoms with Crippen LogP contribution in [0.4, 0.5) is 0 Å². The molecule has 0 saturated carbocycles. The highest BCUT2D eigenvalue weighted by Crippen LogP contribution is 2.16. The van der Waals surface area contributed by atoms with Gasteiger partial charge in [0.25, 0.3) is 0 Å². The monoisotopic (exact) mass is 276 g/mol. The minimum Gasteiger partial charge on any atom is -0.462 e. The fourth-order valence-corrected chi connectivity index (χ4v) is 2.21. The third kappa shape index (κ3) is 3.83. The van der Waals surface area contributed by atoms with E-state index in [4.69, 9.17) is 9.47 Å². The molecule has 2 heterocycles. The molecule has 2 aliphatic heterocycles. The molecule has 4 nitrogen and oxygen atoms in total. The number of rotatable bonds is 1. The lowest BCUT2D eigenvalue weighted by molar-refractivity contribution is 0.0411. The average molecular weight is 276 g/mol. The Balaban J connectivity index is 2.13. The van der Waals surface area contributed by atoms with Crippen LogP contribution in [-0.2, 0) is 9.47 Å². The van der Waals surface area contributed by atoms with Crippen LogP contribution in [0.3, 0.4) is 0 Å². The van der Waals surface area contributed by atoms with Crippen molar-refractivity contribution < 1.29 is 19.1 Å². The van der Waals surface area contributed by atoms with Crippen LogP contribution in [0.5, 0.6) is 0 Å². The van der Waals surface area contributed by atoms with Crippen LogP contribution in [0.25, 0.3) is 0 Å². The molecule has 20 heavy (non-hydrogen) atoms. The van der Waals surface area contributed by atoms with E-state index < -0.39 is 0 Å². The van der Waals surface area contributed by atoms with E-state index in [-0.39, 0.29) is 11.9 Å². The zero-order valence-electron chi connectivity index (χ0n) is 11.8. The van der Waals surface area contributed by atoms with Gasteiger partial charge >= 0.3 is 11.9 Å². The molecule has 0 N–H and O–H groups in total. The molecule has 0 aromatic heterocycles. The van der Waals surface area contributed by atoms with Crippen LogP contribution < -0.4 is 0 Å². The Morgan fingerprint density at radius 2 is 1.60 bits per heavy atom. The van der Waals surface area contributed by atoms with Gasteiger partial charge in [0.2, 0.25) is 0 Å². The molecule has 0 radical (unpaired) electrons. The molecule has 4 heteroatoms. The molecule has 0 amide bonds. The van der Waals surface area contributed by atoms with Crippen LogP contribution in [-0.4, -0.2) is 25.2 Å². The van der Waals surface area contributed by atoms with Crippen LogP contribution in [0.1, 0.15) is 53.3 Å². The van der Waals surface area contributed by atoms with E-state index in [2.05, 4.69) is 6.92 Å². The molecule has 1 aromatic rings. The summed E-state index contributed by atoms with van der Waals surface area (Å²) in [5.74, 6) is -0.300. The first-order valence-electron chi connectivity index (χ1n) is 7.15. The van der Waals surface area contributed by atoms with Gasteiger partial charge in [0, 0.05) is 0 Å². The molecule has 0 spiro atoms. The maximum absolute atomic E-state index is 11.9. The van der Waals surface area contributed by atoms with Gasteiger partial charge in [0.1, 0.15) is 0 Å². The van der Waals surface area contributed by atoms with Crippen molar-refractivity contribution in [2.45, 2.75) is 32.6 Å². The van der Waals surface area contributed by atoms with Crippen LogP contribution in [0, 0.1) is 5.92 Å². The summed E-state index contributed by atoms with van der Waals surface area (Å²) < 4.78 is 10.5. The second-order valence-electron chi connectivity index (χ2n) is 5.08. The number of benzene rings is 1. The SMILES string of the molecule is CCC1CCCCOC(=O)c2ccc(cc2)C(=O)OC1. The zero-order chi connectivity index (χ0) is 14.4.